The fourth-order valence-electron chi connectivity index (χ4n) is 2.43. The highest BCUT2D eigenvalue weighted by atomic mass is 35.5. The van der Waals surface area contributed by atoms with Crippen LogP contribution in [0.2, 0.25) is 10.0 Å². The Hall–Kier alpha value is -1.86. The van der Waals surface area contributed by atoms with Crippen LogP contribution in [0.4, 0.5) is 0 Å². The lowest BCUT2D eigenvalue weighted by Gasteiger charge is -2.06. The largest absolute Gasteiger partial charge is 0.338 e. The SMILES string of the molecule is O=S(=O)(NC(=[NH+]CCc1ccc(Cl)cc1)c1ccccc1Cl)c1cccs1. The van der Waals surface area contributed by atoms with Crippen molar-refractivity contribution in [3.8, 4) is 0 Å². The summed E-state index contributed by atoms with van der Waals surface area (Å²) in [7, 11) is -3.69. The molecule has 2 N–H and O–H groups in total. The molecule has 0 fully saturated rings. The molecule has 1 aromatic heterocycles. The zero-order valence-corrected chi connectivity index (χ0v) is 17.3. The lowest BCUT2D eigenvalue weighted by Crippen LogP contribution is -2.77. The molecule has 2 aromatic carbocycles. The van der Waals surface area contributed by atoms with Gasteiger partial charge in [-0.15, -0.1) is 11.3 Å². The molecule has 0 aliphatic carbocycles. The van der Waals surface area contributed by atoms with Gasteiger partial charge in [-0.2, -0.15) is 13.1 Å². The smallest absolute Gasteiger partial charge is 0.273 e. The maximum absolute atomic E-state index is 12.6. The van der Waals surface area contributed by atoms with E-state index in [2.05, 4.69) is 9.71 Å². The fraction of sp³-hybridized carbons (Fsp3) is 0.105. The highest BCUT2D eigenvalue weighted by Gasteiger charge is 2.25. The van der Waals surface area contributed by atoms with Crippen molar-refractivity contribution < 1.29 is 13.4 Å². The van der Waals surface area contributed by atoms with E-state index in [0.717, 1.165) is 16.9 Å². The Kier molecular flexibility index (Phi) is 6.55. The zero-order chi connectivity index (χ0) is 19.3. The van der Waals surface area contributed by atoms with E-state index in [-0.39, 0.29) is 4.21 Å². The number of hydrogen-bond donors (Lipinski definition) is 2. The van der Waals surface area contributed by atoms with E-state index in [0.29, 0.717) is 34.4 Å². The quantitative estimate of drug-likeness (QED) is 0.457. The second-order valence-electron chi connectivity index (χ2n) is 5.70. The summed E-state index contributed by atoms with van der Waals surface area (Å²) in [6.07, 6.45) is 0.700. The molecule has 0 atom stereocenters. The number of hydrogen-bond acceptors (Lipinski definition) is 3. The Balaban J connectivity index is 1.86. The Morgan fingerprint density at radius 3 is 2.41 bits per heavy atom. The van der Waals surface area contributed by atoms with Gasteiger partial charge < -0.3 is 0 Å². The van der Waals surface area contributed by atoms with Crippen LogP contribution in [0.1, 0.15) is 11.1 Å². The first kappa shape index (κ1) is 19.9. The van der Waals surface area contributed by atoms with Crippen LogP contribution in [-0.4, -0.2) is 20.8 Å². The highest BCUT2D eigenvalue weighted by Crippen LogP contribution is 2.18. The zero-order valence-electron chi connectivity index (χ0n) is 14.2. The van der Waals surface area contributed by atoms with E-state index in [1.165, 1.54) is 0 Å². The van der Waals surface area contributed by atoms with Crippen LogP contribution >= 0.6 is 34.5 Å². The third kappa shape index (κ3) is 5.32. The van der Waals surface area contributed by atoms with Gasteiger partial charge in [0.15, 0.2) is 4.21 Å². The molecule has 0 unspecified atom stereocenters. The average molecular weight is 440 g/mol. The first-order chi connectivity index (χ1) is 13.0. The number of thiophene rings is 1. The van der Waals surface area contributed by atoms with Crippen molar-refractivity contribution in [3.05, 3.63) is 87.2 Å². The normalized spacial score (nSPS) is 12.1. The van der Waals surface area contributed by atoms with Gasteiger partial charge in [-0.1, -0.05) is 47.5 Å². The van der Waals surface area contributed by atoms with Crippen LogP contribution in [0.15, 0.2) is 70.3 Å². The third-order valence-electron chi connectivity index (χ3n) is 3.77. The fourth-order valence-corrected chi connectivity index (χ4v) is 4.85. The molecule has 0 saturated heterocycles. The van der Waals surface area contributed by atoms with Crippen LogP contribution in [0.5, 0.6) is 0 Å². The molecule has 0 aliphatic heterocycles. The Labute approximate surface area is 172 Å². The number of sulfonamides is 1. The Bertz CT molecular complexity index is 1030. The predicted molar refractivity (Wildman–Crippen MR) is 111 cm³/mol. The van der Waals surface area contributed by atoms with Gasteiger partial charge in [-0.05, 0) is 47.3 Å². The van der Waals surface area contributed by atoms with Crippen molar-refractivity contribution in [3.63, 3.8) is 0 Å². The summed E-state index contributed by atoms with van der Waals surface area (Å²) in [6.45, 7) is 0.523. The minimum atomic E-state index is -3.69. The minimum absolute atomic E-state index is 0.242. The van der Waals surface area contributed by atoms with Gasteiger partial charge in [0, 0.05) is 11.4 Å². The average Bonchev–Trinajstić information content (AvgIpc) is 3.19. The van der Waals surface area contributed by atoms with E-state index >= 15 is 0 Å². The molecule has 27 heavy (non-hydrogen) atoms. The van der Waals surface area contributed by atoms with Crippen molar-refractivity contribution in [2.45, 2.75) is 10.6 Å². The lowest BCUT2D eigenvalue weighted by atomic mass is 10.1. The second kappa shape index (κ2) is 8.89. The van der Waals surface area contributed by atoms with E-state index in [1.54, 1.807) is 35.7 Å². The number of rotatable bonds is 6. The summed E-state index contributed by atoms with van der Waals surface area (Å²) in [4.78, 5) is 3.17. The summed E-state index contributed by atoms with van der Waals surface area (Å²) in [5, 5.41) is 2.86. The molecule has 0 bridgehead atoms. The standard InChI is InChI=1S/C19H16Cl2N2O2S2/c20-15-9-7-14(8-10-15)11-12-22-19(16-4-1-2-5-17(16)21)23-27(24,25)18-6-3-13-26-18/h1-10,13H,11-12H2,(H,22,23)/p+1. The van der Waals surface area contributed by atoms with Crippen LogP contribution in [-0.2, 0) is 16.4 Å². The van der Waals surface area contributed by atoms with Gasteiger partial charge in [0.05, 0.1) is 17.1 Å². The summed E-state index contributed by atoms with van der Waals surface area (Å²) >= 11 is 13.3. The van der Waals surface area contributed by atoms with E-state index in [4.69, 9.17) is 23.2 Å². The van der Waals surface area contributed by atoms with Crippen LogP contribution in [0.25, 0.3) is 0 Å². The Morgan fingerprint density at radius 2 is 1.74 bits per heavy atom. The maximum atomic E-state index is 12.6. The number of halogens is 2. The molecular weight excluding hydrogens is 423 g/mol. The van der Waals surface area contributed by atoms with Crippen LogP contribution < -0.4 is 9.71 Å². The summed E-state index contributed by atoms with van der Waals surface area (Å²) in [5.74, 6) is 0.350. The van der Waals surface area contributed by atoms with Gasteiger partial charge in [0.25, 0.3) is 5.84 Å². The molecule has 140 valence electrons. The van der Waals surface area contributed by atoms with Crippen molar-refractivity contribution >= 4 is 50.4 Å². The van der Waals surface area contributed by atoms with Gasteiger partial charge in [-0.3, -0.25) is 4.99 Å². The van der Waals surface area contributed by atoms with E-state index < -0.39 is 10.0 Å². The molecule has 1 heterocycles. The summed E-state index contributed by atoms with van der Waals surface area (Å²) < 4.78 is 28.2. The molecule has 8 heteroatoms. The van der Waals surface area contributed by atoms with Crippen molar-refractivity contribution in [2.75, 3.05) is 6.54 Å². The van der Waals surface area contributed by atoms with Crippen molar-refractivity contribution in [1.82, 2.24) is 4.72 Å². The molecule has 0 spiro atoms. The maximum Gasteiger partial charge on any atom is 0.338 e. The van der Waals surface area contributed by atoms with Crippen molar-refractivity contribution in [1.29, 1.82) is 0 Å². The van der Waals surface area contributed by atoms with Gasteiger partial charge in [-0.25, -0.2) is 0 Å². The third-order valence-corrected chi connectivity index (χ3v) is 7.10. The monoisotopic (exact) mass is 439 g/mol. The Morgan fingerprint density at radius 1 is 1.00 bits per heavy atom. The molecule has 0 radical (unpaired) electrons. The van der Waals surface area contributed by atoms with Gasteiger partial charge in [0.2, 0.25) is 0 Å². The van der Waals surface area contributed by atoms with E-state index in [9.17, 15) is 8.42 Å². The first-order valence-electron chi connectivity index (χ1n) is 8.12. The first-order valence-corrected chi connectivity index (χ1v) is 11.2. The summed E-state index contributed by atoms with van der Waals surface area (Å²) in [5.41, 5.74) is 1.68. The molecule has 3 rings (SSSR count). The molecule has 4 nitrogen and oxygen atoms in total. The van der Waals surface area contributed by atoms with Crippen LogP contribution in [0.3, 0.4) is 0 Å². The lowest BCUT2D eigenvalue weighted by molar-refractivity contribution is -0.457. The topological polar surface area (TPSA) is 60.1 Å². The highest BCUT2D eigenvalue weighted by molar-refractivity contribution is 7.92. The molecular formula is C19H17Cl2N2O2S2+. The predicted octanol–water partition coefficient (Wildman–Crippen LogP) is 3.10. The van der Waals surface area contributed by atoms with E-state index in [1.807, 2.05) is 30.3 Å². The second-order valence-corrected chi connectivity index (χ2v) is 9.40. The molecule has 0 amide bonds. The van der Waals surface area contributed by atoms with Crippen LogP contribution in [0, 0.1) is 0 Å². The molecule has 0 aliphatic rings. The molecule has 0 saturated carbocycles. The van der Waals surface area contributed by atoms with Gasteiger partial charge in [0.1, 0.15) is 0 Å². The number of amidine groups is 1. The number of benzene rings is 2. The number of nitrogens with one attached hydrogen (secondary N) is 2. The minimum Gasteiger partial charge on any atom is -0.273 e. The summed E-state index contributed by atoms with van der Waals surface area (Å²) in [6, 6.07) is 17.9. The van der Waals surface area contributed by atoms with Crippen molar-refractivity contribution in [2.24, 2.45) is 0 Å². The van der Waals surface area contributed by atoms with Gasteiger partial charge >= 0.3 is 10.0 Å². The molecule has 3 aromatic rings.